The first-order valence-corrected chi connectivity index (χ1v) is 6.59. The molecule has 5 heteroatoms. The van der Waals surface area contributed by atoms with Crippen molar-refractivity contribution < 1.29 is 14.7 Å². The lowest BCUT2D eigenvalue weighted by atomic mass is 10.1. The molecule has 5 nitrogen and oxygen atoms in total. The molecule has 0 bridgehead atoms. The fourth-order valence-electron chi connectivity index (χ4n) is 1.64. The molecule has 0 heterocycles. The summed E-state index contributed by atoms with van der Waals surface area (Å²) in [4.78, 5) is 22.1. The molecule has 1 aromatic carbocycles. The molecule has 0 aromatic heterocycles. The van der Waals surface area contributed by atoms with Gasteiger partial charge in [-0.2, -0.15) is 0 Å². The van der Waals surface area contributed by atoms with E-state index >= 15 is 0 Å². The lowest BCUT2D eigenvalue weighted by Crippen LogP contribution is -2.29. The smallest absolute Gasteiger partial charge is 0.328 e. The highest BCUT2D eigenvalue weighted by Crippen LogP contribution is 2.17. The zero-order chi connectivity index (χ0) is 15.0. The third-order valence-corrected chi connectivity index (χ3v) is 2.73. The zero-order valence-electron chi connectivity index (χ0n) is 11.8. The van der Waals surface area contributed by atoms with Crippen molar-refractivity contribution in [2.45, 2.75) is 26.7 Å². The third-order valence-electron chi connectivity index (χ3n) is 2.73. The zero-order valence-corrected chi connectivity index (χ0v) is 11.8. The van der Waals surface area contributed by atoms with Crippen LogP contribution in [0.2, 0.25) is 0 Å². The average Bonchev–Trinajstić information content (AvgIpc) is 2.39. The van der Waals surface area contributed by atoms with Crippen LogP contribution in [-0.2, 0) is 4.79 Å². The Balaban J connectivity index is 2.64. The number of carbonyl (C=O) groups excluding carboxylic acids is 1. The van der Waals surface area contributed by atoms with Gasteiger partial charge in [-0.1, -0.05) is 19.4 Å². The van der Waals surface area contributed by atoms with Gasteiger partial charge < -0.3 is 15.7 Å². The summed E-state index contributed by atoms with van der Waals surface area (Å²) in [6.07, 6.45) is 4.58. The van der Waals surface area contributed by atoms with Crippen molar-refractivity contribution in [2.75, 3.05) is 11.9 Å². The molecule has 0 radical (unpaired) electrons. The van der Waals surface area contributed by atoms with Crippen LogP contribution in [0, 0.1) is 6.92 Å². The summed E-state index contributed by atoms with van der Waals surface area (Å²) in [5, 5.41) is 14.1. The number of unbranched alkanes of at least 4 members (excludes halogenated alkanes) is 1. The Labute approximate surface area is 118 Å². The highest BCUT2D eigenvalue weighted by atomic mass is 16.4. The summed E-state index contributed by atoms with van der Waals surface area (Å²) in [6.45, 7) is 4.58. The number of hydrogen-bond acceptors (Lipinski definition) is 2. The number of rotatable bonds is 6. The molecule has 2 amide bonds. The Morgan fingerprint density at radius 2 is 2.10 bits per heavy atom. The Morgan fingerprint density at radius 3 is 2.70 bits per heavy atom. The van der Waals surface area contributed by atoms with Crippen LogP contribution in [0.1, 0.15) is 30.9 Å². The number of amides is 2. The molecule has 0 aliphatic rings. The van der Waals surface area contributed by atoms with E-state index in [0.717, 1.165) is 30.0 Å². The van der Waals surface area contributed by atoms with Crippen LogP contribution in [0.25, 0.3) is 6.08 Å². The molecule has 20 heavy (non-hydrogen) atoms. The molecule has 0 atom stereocenters. The van der Waals surface area contributed by atoms with E-state index < -0.39 is 5.97 Å². The molecule has 3 N–H and O–H groups in total. The van der Waals surface area contributed by atoms with Crippen molar-refractivity contribution in [2.24, 2.45) is 0 Å². The van der Waals surface area contributed by atoms with E-state index in [1.54, 1.807) is 12.1 Å². The van der Waals surface area contributed by atoms with E-state index in [1.165, 1.54) is 6.08 Å². The maximum absolute atomic E-state index is 11.6. The molecule has 0 saturated heterocycles. The van der Waals surface area contributed by atoms with E-state index in [2.05, 4.69) is 17.6 Å². The first-order chi connectivity index (χ1) is 9.52. The van der Waals surface area contributed by atoms with Gasteiger partial charge in [0.2, 0.25) is 0 Å². The predicted molar refractivity (Wildman–Crippen MR) is 79.8 cm³/mol. The standard InChI is InChI=1S/C15H20N2O3/c1-3-4-9-16-15(20)17-13-7-5-12(10-11(13)2)6-8-14(18)19/h5-8,10H,3-4,9H2,1-2H3,(H,18,19)(H2,16,17,20). The van der Waals surface area contributed by atoms with Crippen LogP contribution in [0.4, 0.5) is 10.5 Å². The fraction of sp³-hybridized carbons (Fsp3) is 0.333. The normalized spacial score (nSPS) is 10.5. The molecular formula is C15H20N2O3. The molecule has 1 rings (SSSR count). The molecule has 0 aliphatic carbocycles. The van der Waals surface area contributed by atoms with Crippen molar-refractivity contribution in [3.63, 3.8) is 0 Å². The summed E-state index contributed by atoms with van der Waals surface area (Å²) < 4.78 is 0. The van der Waals surface area contributed by atoms with Gasteiger partial charge in [0.1, 0.15) is 0 Å². The first kappa shape index (κ1) is 15.8. The highest BCUT2D eigenvalue weighted by molar-refractivity contribution is 5.90. The van der Waals surface area contributed by atoms with E-state index in [9.17, 15) is 9.59 Å². The molecule has 0 fully saturated rings. The molecule has 0 aliphatic heterocycles. The second-order valence-electron chi connectivity index (χ2n) is 4.48. The number of carbonyl (C=O) groups is 2. The number of nitrogens with one attached hydrogen (secondary N) is 2. The number of carboxylic acid groups (broad SMARTS) is 1. The van der Waals surface area contributed by atoms with E-state index in [1.807, 2.05) is 13.0 Å². The molecule has 108 valence electrons. The third kappa shape index (κ3) is 5.56. The molecular weight excluding hydrogens is 256 g/mol. The minimum Gasteiger partial charge on any atom is -0.478 e. The number of carboxylic acids is 1. The van der Waals surface area contributed by atoms with E-state index in [-0.39, 0.29) is 6.03 Å². The molecule has 0 unspecified atom stereocenters. The number of benzene rings is 1. The van der Waals surface area contributed by atoms with Crippen LogP contribution < -0.4 is 10.6 Å². The van der Waals surface area contributed by atoms with Crippen LogP contribution in [0.15, 0.2) is 24.3 Å². The van der Waals surface area contributed by atoms with Crippen molar-refractivity contribution >= 4 is 23.8 Å². The number of aryl methyl sites for hydroxylation is 1. The highest BCUT2D eigenvalue weighted by Gasteiger charge is 2.04. The Kier molecular flexibility index (Phi) is 6.29. The summed E-state index contributed by atoms with van der Waals surface area (Å²) in [7, 11) is 0. The van der Waals surface area contributed by atoms with Crippen molar-refractivity contribution in [1.82, 2.24) is 5.32 Å². The quantitative estimate of drug-likeness (QED) is 0.552. The van der Waals surface area contributed by atoms with Crippen LogP contribution in [0.5, 0.6) is 0 Å². The number of aliphatic carboxylic acids is 1. The number of urea groups is 1. The van der Waals surface area contributed by atoms with Crippen molar-refractivity contribution in [1.29, 1.82) is 0 Å². The number of hydrogen-bond donors (Lipinski definition) is 3. The minimum atomic E-state index is -0.986. The van der Waals surface area contributed by atoms with Gasteiger partial charge in [-0.25, -0.2) is 9.59 Å². The van der Waals surface area contributed by atoms with Gasteiger partial charge in [0.25, 0.3) is 0 Å². The fourth-order valence-corrected chi connectivity index (χ4v) is 1.64. The van der Waals surface area contributed by atoms with Crippen LogP contribution >= 0.6 is 0 Å². The second kappa shape index (κ2) is 7.99. The van der Waals surface area contributed by atoms with Gasteiger partial charge in [0.05, 0.1) is 0 Å². The average molecular weight is 276 g/mol. The van der Waals surface area contributed by atoms with E-state index in [4.69, 9.17) is 5.11 Å². The maximum atomic E-state index is 11.6. The summed E-state index contributed by atoms with van der Waals surface area (Å²) in [6, 6.07) is 5.11. The summed E-state index contributed by atoms with van der Waals surface area (Å²) in [5.41, 5.74) is 2.37. The Hall–Kier alpha value is -2.30. The maximum Gasteiger partial charge on any atom is 0.328 e. The SMILES string of the molecule is CCCCNC(=O)Nc1ccc(C=CC(=O)O)cc1C. The lowest BCUT2D eigenvalue weighted by molar-refractivity contribution is -0.131. The van der Waals surface area contributed by atoms with Gasteiger partial charge in [-0.05, 0) is 42.7 Å². The van der Waals surface area contributed by atoms with E-state index in [0.29, 0.717) is 12.2 Å². The largest absolute Gasteiger partial charge is 0.478 e. The topological polar surface area (TPSA) is 78.4 Å². The van der Waals surface area contributed by atoms with Gasteiger partial charge in [-0.3, -0.25) is 0 Å². The predicted octanol–water partition coefficient (Wildman–Crippen LogP) is 3.01. The van der Waals surface area contributed by atoms with Crippen molar-refractivity contribution in [3.05, 3.63) is 35.4 Å². The second-order valence-corrected chi connectivity index (χ2v) is 4.48. The molecule has 0 saturated carbocycles. The Morgan fingerprint density at radius 1 is 1.35 bits per heavy atom. The Bertz CT molecular complexity index is 510. The van der Waals surface area contributed by atoms with Gasteiger partial charge >= 0.3 is 12.0 Å². The minimum absolute atomic E-state index is 0.227. The van der Waals surface area contributed by atoms with Gasteiger partial charge in [0.15, 0.2) is 0 Å². The molecule has 0 spiro atoms. The van der Waals surface area contributed by atoms with Gasteiger partial charge in [-0.15, -0.1) is 0 Å². The summed E-state index contributed by atoms with van der Waals surface area (Å²) in [5.74, 6) is -0.986. The van der Waals surface area contributed by atoms with Crippen molar-refractivity contribution in [3.8, 4) is 0 Å². The number of anilines is 1. The van der Waals surface area contributed by atoms with Crippen LogP contribution in [-0.4, -0.2) is 23.7 Å². The lowest BCUT2D eigenvalue weighted by Gasteiger charge is -2.10. The summed E-state index contributed by atoms with van der Waals surface area (Å²) >= 11 is 0. The monoisotopic (exact) mass is 276 g/mol. The van der Waals surface area contributed by atoms with Gasteiger partial charge in [0, 0.05) is 18.3 Å². The molecule has 1 aromatic rings. The first-order valence-electron chi connectivity index (χ1n) is 6.59. The van der Waals surface area contributed by atoms with Crippen LogP contribution in [0.3, 0.4) is 0 Å².